The van der Waals surface area contributed by atoms with Crippen LogP contribution in [0.25, 0.3) is 0 Å². The lowest BCUT2D eigenvalue weighted by atomic mass is 10.1. The van der Waals surface area contributed by atoms with Crippen molar-refractivity contribution in [2.45, 2.75) is 39.3 Å². The number of amides is 2. The van der Waals surface area contributed by atoms with Gasteiger partial charge in [-0.25, -0.2) is 4.79 Å². The second-order valence-electron chi connectivity index (χ2n) is 5.72. The molecule has 1 N–H and O–H groups in total. The van der Waals surface area contributed by atoms with Crippen molar-refractivity contribution in [2.75, 3.05) is 6.54 Å². The van der Waals surface area contributed by atoms with Crippen molar-refractivity contribution >= 4 is 6.03 Å². The normalized spacial score (nSPS) is 17.7. The number of aryl methyl sites for hydroxylation is 2. The predicted octanol–water partition coefficient (Wildman–Crippen LogP) is 3.34. The Balaban J connectivity index is 1.67. The molecule has 0 bridgehead atoms. The number of benzene rings is 1. The zero-order chi connectivity index (χ0) is 15.5. The molecule has 2 amide bonds. The Labute approximate surface area is 130 Å². The van der Waals surface area contributed by atoms with Gasteiger partial charge in [0.25, 0.3) is 0 Å². The van der Waals surface area contributed by atoms with Gasteiger partial charge in [-0.3, -0.25) is 0 Å². The van der Waals surface area contributed by atoms with Gasteiger partial charge in [0.05, 0.1) is 11.7 Å². The minimum Gasteiger partial charge on any atom is -0.361 e. The third kappa shape index (κ3) is 2.84. The Bertz CT molecular complexity index is 632. The van der Waals surface area contributed by atoms with E-state index >= 15 is 0 Å². The lowest BCUT2D eigenvalue weighted by Gasteiger charge is -2.25. The van der Waals surface area contributed by atoms with Gasteiger partial charge in [0.2, 0.25) is 0 Å². The van der Waals surface area contributed by atoms with E-state index in [2.05, 4.69) is 22.6 Å². The van der Waals surface area contributed by atoms with E-state index in [1.54, 1.807) is 0 Å². The Morgan fingerprint density at radius 2 is 2.14 bits per heavy atom. The minimum absolute atomic E-state index is 0.0219. The maximum absolute atomic E-state index is 12.5. The quantitative estimate of drug-likeness (QED) is 0.945. The van der Waals surface area contributed by atoms with Gasteiger partial charge in [0, 0.05) is 18.7 Å². The van der Waals surface area contributed by atoms with Crippen molar-refractivity contribution < 1.29 is 9.32 Å². The Morgan fingerprint density at radius 3 is 2.82 bits per heavy atom. The van der Waals surface area contributed by atoms with Crippen molar-refractivity contribution in [3.63, 3.8) is 0 Å². The average molecular weight is 299 g/mol. The zero-order valence-electron chi connectivity index (χ0n) is 13.0. The molecule has 116 valence electrons. The second kappa shape index (κ2) is 6.22. The first kappa shape index (κ1) is 14.6. The third-order valence-corrected chi connectivity index (χ3v) is 4.30. The summed E-state index contributed by atoms with van der Waals surface area (Å²) in [7, 11) is 0. The summed E-state index contributed by atoms with van der Waals surface area (Å²) in [6.07, 6.45) is 2.06. The average Bonchev–Trinajstić information content (AvgIpc) is 3.14. The van der Waals surface area contributed by atoms with E-state index in [0.717, 1.165) is 36.4 Å². The van der Waals surface area contributed by atoms with Gasteiger partial charge in [0.15, 0.2) is 0 Å². The SMILES string of the molecule is Cc1noc(C)c1CNC(=O)N1CCCC1c1ccccc1. The summed E-state index contributed by atoms with van der Waals surface area (Å²) in [6.45, 7) is 5.01. The fourth-order valence-electron chi connectivity index (χ4n) is 3.05. The van der Waals surface area contributed by atoms with Crippen LogP contribution in [0, 0.1) is 13.8 Å². The summed E-state index contributed by atoms with van der Waals surface area (Å²) in [5.74, 6) is 0.763. The minimum atomic E-state index is -0.0219. The molecule has 0 saturated carbocycles. The molecule has 3 rings (SSSR count). The number of nitrogens with zero attached hydrogens (tertiary/aromatic N) is 2. The number of aromatic nitrogens is 1. The van der Waals surface area contributed by atoms with E-state index in [9.17, 15) is 4.79 Å². The van der Waals surface area contributed by atoms with Gasteiger partial charge in [-0.2, -0.15) is 0 Å². The van der Waals surface area contributed by atoms with E-state index in [1.807, 2.05) is 36.9 Å². The van der Waals surface area contributed by atoms with Crippen LogP contribution in [0.5, 0.6) is 0 Å². The molecule has 1 aliphatic heterocycles. The molecule has 0 spiro atoms. The molecular weight excluding hydrogens is 278 g/mol. The van der Waals surface area contributed by atoms with Crippen molar-refractivity contribution in [1.82, 2.24) is 15.4 Å². The Morgan fingerprint density at radius 1 is 1.36 bits per heavy atom. The smallest absolute Gasteiger partial charge is 0.318 e. The highest BCUT2D eigenvalue weighted by Crippen LogP contribution is 2.31. The van der Waals surface area contributed by atoms with Crippen LogP contribution in [-0.2, 0) is 6.54 Å². The number of carbonyl (C=O) groups excluding carboxylic acids is 1. The summed E-state index contributed by atoms with van der Waals surface area (Å²) in [5, 5.41) is 6.91. The molecule has 5 heteroatoms. The second-order valence-corrected chi connectivity index (χ2v) is 5.72. The summed E-state index contributed by atoms with van der Waals surface area (Å²) >= 11 is 0. The molecule has 0 aliphatic carbocycles. The highest BCUT2D eigenvalue weighted by Gasteiger charge is 2.29. The number of rotatable bonds is 3. The van der Waals surface area contributed by atoms with Crippen LogP contribution in [-0.4, -0.2) is 22.6 Å². The molecule has 5 nitrogen and oxygen atoms in total. The predicted molar refractivity (Wildman–Crippen MR) is 83.3 cm³/mol. The van der Waals surface area contributed by atoms with Gasteiger partial charge in [-0.15, -0.1) is 0 Å². The van der Waals surface area contributed by atoms with Crippen LogP contribution in [0.4, 0.5) is 4.79 Å². The standard InChI is InChI=1S/C17H21N3O2/c1-12-15(13(2)22-19-12)11-18-17(21)20-10-6-9-16(20)14-7-4-3-5-8-14/h3-5,7-8,16H,6,9-11H2,1-2H3,(H,18,21). The van der Waals surface area contributed by atoms with Crippen LogP contribution in [0.2, 0.25) is 0 Å². The molecule has 1 fully saturated rings. The highest BCUT2D eigenvalue weighted by molar-refractivity contribution is 5.75. The summed E-state index contributed by atoms with van der Waals surface area (Å²) in [5.41, 5.74) is 3.00. The van der Waals surface area contributed by atoms with Crippen LogP contribution < -0.4 is 5.32 Å². The molecule has 1 aromatic heterocycles. The molecule has 1 saturated heterocycles. The van der Waals surface area contributed by atoms with Gasteiger partial charge in [-0.1, -0.05) is 35.5 Å². The van der Waals surface area contributed by atoms with Gasteiger partial charge >= 0.3 is 6.03 Å². The first-order valence-electron chi connectivity index (χ1n) is 7.68. The van der Waals surface area contributed by atoms with E-state index in [0.29, 0.717) is 6.54 Å². The molecule has 2 aromatic rings. The number of nitrogens with one attached hydrogen (secondary N) is 1. The van der Waals surface area contributed by atoms with Crippen LogP contribution in [0.3, 0.4) is 0 Å². The largest absolute Gasteiger partial charge is 0.361 e. The Kier molecular flexibility index (Phi) is 4.13. The fraction of sp³-hybridized carbons (Fsp3) is 0.412. The van der Waals surface area contributed by atoms with E-state index in [-0.39, 0.29) is 12.1 Å². The number of carbonyl (C=O) groups is 1. The zero-order valence-corrected chi connectivity index (χ0v) is 13.0. The van der Waals surface area contributed by atoms with Crippen molar-refractivity contribution in [3.05, 3.63) is 52.9 Å². The monoisotopic (exact) mass is 299 g/mol. The summed E-state index contributed by atoms with van der Waals surface area (Å²) in [6, 6.07) is 10.4. The van der Waals surface area contributed by atoms with Gasteiger partial charge in [0.1, 0.15) is 5.76 Å². The summed E-state index contributed by atoms with van der Waals surface area (Å²) < 4.78 is 5.13. The van der Waals surface area contributed by atoms with E-state index in [1.165, 1.54) is 5.56 Å². The molecule has 1 atom stereocenters. The molecule has 22 heavy (non-hydrogen) atoms. The molecule has 1 unspecified atom stereocenters. The molecule has 0 radical (unpaired) electrons. The highest BCUT2D eigenvalue weighted by atomic mass is 16.5. The fourth-order valence-corrected chi connectivity index (χ4v) is 3.05. The number of hydrogen-bond acceptors (Lipinski definition) is 3. The topological polar surface area (TPSA) is 58.4 Å². The van der Waals surface area contributed by atoms with Crippen molar-refractivity contribution in [3.8, 4) is 0 Å². The lowest BCUT2D eigenvalue weighted by Crippen LogP contribution is -2.39. The third-order valence-electron chi connectivity index (χ3n) is 4.30. The van der Waals surface area contributed by atoms with Crippen LogP contribution in [0.15, 0.2) is 34.9 Å². The maximum Gasteiger partial charge on any atom is 0.318 e. The number of urea groups is 1. The summed E-state index contributed by atoms with van der Waals surface area (Å²) in [4.78, 5) is 14.4. The first-order valence-corrected chi connectivity index (χ1v) is 7.68. The van der Waals surface area contributed by atoms with Crippen LogP contribution >= 0.6 is 0 Å². The van der Waals surface area contributed by atoms with E-state index < -0.39 is 0 Å². The van der Waals surface area contributed by atoms with Crippen LogP contribution in [0.1, 0.15) is 41.5 Å². The van der Waals surface area contributed by atoms with Gasteiger partial charge < -0.3 is 14.7 Å². The number of likely N-dealkylation sites (tertiary alicyclic amines) is 1. The van der Waals surface area contributed by atoms with Gasteiger partial charge in [-0.05, 0) is 32.3 Å². The Hall–Kier alpha value is -2.30. The van der Waals surface area contributed by atoms with Crippen molar-refractivity contribution in [1.29, 1.82) is 0 Å². The number of hydrogen-bond donors (Lipinski definition) is 1. The lowest BCUT2D eigenvalue weighted by molar-refractivity contribution is 0.192. The maximum atomic E-state index is 12.5. The van der Waals surface area contributed by atoms with E-state index in [4.69, 9.17) is 4.52 Å². The molecule has 2 heterocycles. The first-order chi connectivity index (χ1) is 10.7. The molecule has 1 aromatic carbocycles. The molecule has 1 aliphatic rings. The van der Waals surface area contributed by atoms with Crippen molar-refractivity contribution in [2.24, 2.45) is 0 Å². The molecular formula is C17H21N3O2.